The molecule has 0 saturated heterocycles. The molecular weight excluding hydrogens is 286 g/mol. The van der Waals surface area contributed by atoms with Crippen LogP contribution < -0.4 is 10.5 Å². The van der Waals surface area contributed by atoms with E-state index in [2.05, 4.69) is 41.8 Å². The highest BCUT2D eigenvalue weighted by molar-refractivity contribution is 5.75. The minimum Gasteiger partial charge on any atom is -0.494 e. The van der Waals surface area contributed by atoms with Gasteiger partial charge in [-0.25, -0.2) is 4.98 Å². The number of rotatable bonds is 7. The van der Waals surface area contributed by atoms with Crippen molar-refractivity contribution in [1.29, 1.82) is 0 Å². The Kier molecular flexibility index (Phi) is 4.93. The number of aryl methyl sites for hydroxylation is 2. The van der Waals surface area contributed by atoms with Gasteiger partial charge in [-0.3, -0.25) is 0 Å². The summed E-state index contributed by atoms with van der Waals surface area (Å²) in [7, 11) is 0. The lowest BCUT2D eigenvalue weighted by Gasteiger charge is -2.10. The van der Waals surface area contributed by atoms with Crippen LogP contribution in [0.5, 0.6) is 5.75 Å². The number of para-hydroxylation sites is 2. The molecule has 0 saturated carbocycles. The zero-order valence-electron chi connectivity index (χ0n) is 13.5. The molecule has 4 nitrogen and oxygen atoms in total. The van der Waals surface area contributed by atoms with E-state index in [0.717, 1.165) is 36.5 Å². The molecule has 0 radical (unpaired) electrons. The number of nitrogens with zero attached hydrogens (tertiary/aromatic N) is 2. The second kappa shape index (κ2) is 7.29. The van der Waals surface area contributed by atoms with Gasteiger partial charge in [-0.05, 0) is 44.2 Å². The highest BCUT2D eigenvalue weighted by Gasteiger charge is 2.09. The third-order valence-electron chi connectivity index (χ3n) is 3.92. The Morgan fingerprint density at radius 1 is 1.09 bits per heavy atom. The highest BCUT2D eigenvalue weighted by Crippen LogP contribution is 2.17. The van der Waals surface area contributed by atoms with Gasteiger partial charge in [0.1, 0.15) is 11.6 Å². The van der Waals surface area contributed by atoms with Gasteiger partial charge in [-0.1, -0.05) is 29.8 Å². The standard InChI is InChI=1S/C19H23N3O/c1-15-7-9-16(10-8-15)23-14-4-13-22-18-6-3-2-5-17(18)21-19(22)11-12-20/h2-3,5-10H,4,11-14,20H2,1H3. The molecule has 1 aromatic heterocycles. The number of imidazole rings is 1. The number of ether oxygens (including phenoxy) is 1. The lowest BCUT2D eigenvalue weighted by Crippen LogP contribution is -2.12. The van der Waals surface area contributed by atoms with Gasteiger partial charge in [0.25, 0.3) is 0 Å². The van der Waals surface area contributed by atoms with Gasteiger partial charge in [0.2, 0.25) is 0 Å². The maximum absolute atomic E-state index is 5.81. The van der Waals surface area contributed by atoms with Crippen molar-refractivity contribution in [3.63, 3.8) is 0 Å². The average Bonchev–Trinajstić information content (AvgIpc) is 2.91. The van der Waals surface area contributed by atoms with Crippen molar-refractivity contribution >= 4 is 11.0 Å². The summed E-state index contributed by atoms with van der Waals surface area (Å²) in [6.07, 6.45) is 1.74. The molecule has 120 valence electrons. The minimum absolute atomic E-state index is 0.614. The normalized spacial score (nSPS) is 11.0. The fraction of sp³-hybridized carbons (Fsp3) is 0.316. The van der Waals surface area contributed by atoms with Crippen LogP contribution in [0.4, 0.5) is 0 Å². The predicted molar refractivity (Wildman–Crippen MR) is 93.8 cm³/mol. The molecule has 1 heterocycles. The van der Waals surface area contributed by atoms with Crippen LogP contribution in [0.15, 0.2) is 48.5 Å². The van der Waals surface area contributed by atoms with E-state index >= 15 is 0 Å². The molecule has 0 amide bonds. The molecule has 0 unspecified atom stereocenters. The molecule has 0 spiro atoms. The topological polar surface area (TPSA) is 53.1 Å². The van der Waals surface area contributed by atoms with Crippen LogP contribution in [0.25, 0.3) is 11.0 Å². The van der Waals surface area contributed by atoms with Crippen LogP contribution in [0.3, 0.4) is 0 Å². The van der Waals surface area contributed by atoms with Crippen molar-refractivity contribution in [2.75, 3.05) is 13.2 Å². The van der Waals surface area contributed by atoms with Crippen molar-refractivity contribution in [1.82, 2.24) is 9.55 Å². The van der Waals surface area contributed by atoms with E-state index in [-0.39, 0.29) is 0 Å². The Bertz CT molecular complexity index is 762. The lowest BCUT2D eigenvalue weighted by atomic mass is 10.2. The van der Waals surface area contributed by atoms with Crippen molar-refractivity contribution in [3.05, 3.63) is 59.9 Å². The molecular formula is C19H23N3O. The number of benzene rings is 2. The SMILES string of the molecule is Cc1ccc(OCCCn2c(CCN)nc3ccccc32)cc1. The third kappa shape index (κ3) is 3.71. The molecule has 0 bridgehead atoms. The van der Waals surface area contributed by atoms with E-state index < -0.39 is 0 Å². The van der Waals surface area contributed by atoms with Crippen molar-refractivity contribution in [2.45, 2.75) is 26.3 Å². The zero-order valence-corrected chi connectivity index (χ0v) is 13.5. The molecule has 3 aromatic rings. The van der Waals surface area contributed by atoms with Gasteiger partial charge in [0.05, 0.1) is 17.6 Å². The molecule has 4 heteroatoms. The molecule has 2 N–H and O–H groups in total. The molecule has 0 fully saturated rings. The molecule has 0 aliphatic heterocycles. The summed E-state index contributed by atoms with van der Waals surface area (Å²) in [5.41, 5.74) is 9.17. The summed E-state index contributed by atoms with van der Waals surface area (Å²) < 4.78 is 8.08. The summed E-state index contributed by atoms with van der Waals surface area (Å²) in [6, 6.07) is 16.4. The Hall–Kier alpha value is -2.33. The Balaban J connectivity index is 1.64. The second-order valence-corrected chi connectivity index (χ2v) is 5.72. The first kappa shape index (κ1) is 15.6. The lowest BCUT2D eigenvalue weighted by molar-refractivity contribution is 0.301. The van der Waals surface area contributed by atoms with Gasteiger partial charge < -0.3 is 15.0 Å². The number of nitrogens with two attached hydrogens (primary N) is 1. The van der Waals surface area contributed by atoms with Gasteiger partial charge in [0, 0.05) is 13.0 Å². The molecule has 0 aliphatic rings. The van der Waals surface area contributed by atoms with E-state index in [0.29, 0.717) is 13.2 Å². The fourth-order valence-corrected chi connectivity index (χ4v) is 2.74. The van der Waals surface area contributed by atoms with Crippen LogP contribution in [0.2, 0.25) is 0 Å². The van der Waals surface area contributed by atoms with Gasteiger partial charge in [-0.2, -0.15) is 0 Å². The number of fused-ring (bicyclic) bond motifs is 1. The number of hydrogen-bond donors (Lipinski definition) is 1. The Morgan fingerprint density at radius 2 is 1.87 bits per heavy atom. The van der Waals surface area contributed by atoms with Crippen LogP contribution in [0, 0.1) is 6.92 Å². The van der Waals surface area contributed by atoms with Crippen LogP contribution in [0.1, 0.15) is 17.8 Å². The fourth-order valence-electron chi connectivity index (χ4n) is 2.74. The van der Waals surface area contributed by atoms with E-state index in [4.69, 9.17) is 15.5 Å². The zero-order chi connectivity index (χ0) is 16.1. The van der Waals surface area contributed by atoms with E-state index in [1.807, 2.05) is 18.2 Å². The number of hydrogen-bond acceptors (Lipinski definition) is 3. The van der Waals surface area contributed by atoms with Gasteiger partial charge in [-0.15, -0.1) is 0 Å². The number of aromatic nitrogens is 2. The summed E-state index contributed by atoms with van der Waals surface area (Å²) in [4.78, 5) is 4.69. The van der Waals surface area contributed by atoms with E-state index in [1.54, 1.807) is 0 Å². The van der Waals surface area contributed by atoms with Crippen LogP contribution in [-0.2, 0) is 13.0 Å². The monoisotopic (exact) mass is 309 g/mol. The van der Waals surface area contributed by atoms with E-state index in [1.165, 1.54) is 11.1 Å². The van der Waals surface area contributed by atoms with Crippen LogP contribution >= 0.6 is 0 Å². The summed E-state index contributed by atoms with van der Waals surface area (Å²) >= 11 is 0. The highest BCUT2D eigenvalue weighted by atomic mass is 16.5. The molecule has 0 aliphatic carbocycles. The van der Waals surface area contributed by atoms with Crippen LogP contribution in [-0.4, -0.2) is 22.7 Å². The summed E-state index contributed by atoms with van der Waals surface area (Å²) in [6.45, 7) is 4.27. The van der Waals surface area contributed by atoms with Crippen molar-refractivity contribution in [2.24, 2.45) is 5.73 Å². The third-order valence-corrected chi connectivity index (χ3v) is 3.92. The molecule has 0 atom stereocenters. The first-order valence-corrected chi connectivity index (χ1v) is 8.11. The maximum atomic E-state index is 5.81. The van der Waals surface area contributed by atoms with Gasteiger partial charge >= 0.3 is 0 Å². The first-order valence-electron chi connectivity index (χ1n) is 8.11. The smallest absolute Gasteiger partial charge is 0.119 e. The van der Waals surface area contributed by atoms with E-state index in [9.17, 15) is 0 Å². The first-order chi connectivity index (χ1) is 11.3. The maximum Gasteiger partial charge on any atom is 0.119 e. The largest absolute Gasteiger partial charge is 0.494 e. The molecule has 2 aromatic carbocycles. The quantitative estimate of drug-likeness (QED) is 0.681. The Labute approximate surface area is 136 Å². The summed E-state index contributed by atoms with van der Waals surface area (Å²) in [5, 5.41) is 0. The summed E-state index contributed by atoms with van der Waals surface area (Å²) in [5.74, 6) is 1.98. The molecule has 23 heavy (non-hydrogen) atoms. The van der Waals surface area contributed by atoms with Crippen molar-refractivity contribution in [3.8, 4) is 5.75 Å². The molecule has 3 rings (SSSR count). The second-order valence-electron chi connectivity index (χ2n) is 5.72. The average molecular weight is 309 g/mol. The van der Waals surface area contributed by atoms with Crippen molar-refractivity contribution < 1.29 is 4.74 Å². The van der Waals surface area contributed by atoms with Gasteiger partial charge in [0.15, 0.2) is 0 Å². The Morgan fingerprint density at radius 3 is 2.65 bits per heavy atom. The minimum atomic E-state index is 0.614. The predicted octanol–water partition coefficient (Wildman–Crippen LogP) is 3.32.